The van der Waals surface area contributed by atoms with E-state index in [1.54, 1.807) is 6.20 Å². The highest BCUT2D eigenvalue weighted by Gasteiger charge is 2.21. The predicted octanol–water partition coefficient (Wildman–Crippen LogP) is 0.946. The fraction of sp³-hybridized carbons (Fsp3) is 0.526. The summed E-state index contributed by atoms with van der Waals surface area (Å²) in [6.07, 6.45) is 1.79. The molecule has 0 spiro atoms. The van der Waals surface area contributed by atoms with Crippen molar-refractivity contribution in [1.29, 1.82) is 0 Å². The number of hydrogen-bond donors (Lipinski definition) is 0. The van der Waals surface area contributed by atoms with Gasteiger partial charge in [-0.15, -0.1) is 5.10 Å². The van der Waals surface area contributed by atoms with Gasteiger partial charge in [0.1, 0.15) is 0 Å². The molecule has 0 aliphatic carbocycles. The normalized spacial score (nSPS) is 19.7. The van der Waals surface area contributed by atoms with Crippen molar-refractivity contribution in [3.05, 3.63) is 42.1 Å². The number of piperazine rings is 2. The zero-order valence-electron chi connectivity index (χ0n) is 15.5. The summed E-state index contributed by atoms with van der Waals surface area (Å²) >= 11 is 0. The number of benzene rings is 1. The van der Waals surface area contributed by atoms with Crippen molar-refractivity contribution >= 4 is 11.8 Å². The second-order valence-corrected chi connectivity index (χ2v) is 7.15. The number of hydrogen-bond acceptors (Lipinski definition) is 7. The summed E-state index contributed by atoms with van der Waals surface area (Å²) in [5.41, 5.74) is 1.37. The largest absolute Gasteiger partial charge is 0.353 e. The van der Waals surface area contributed by atoms with E-state index < -0.39 is 0 Å². The molecule has 2 aliphatic rings. The molecule has 0 bridgehead atoms. The van der Waals surface area contributed by atoms with Crippen LogP contribution < -0.4 is 9.80 Å². The van der Waals surface area contributed by atoms with Crippen LogP contribution in [0.15, 0.2) is 36.5 Å². The first-order chi connectivity index (χ1) is 12.8. The van der Waals surface area contributed by atoms with Crippen LogP contribution in [0.5, 0.6) is 0 Å². The van der Waals surface area contributed by atoms with Gasteiger partial charge in [0, 0.05) is 58.9 Å². The highest BCUT2D eigenvalue weighted by Crippen LogP contribution is 2.17. The Kier molecular flexibility index (Phi) is 5.26. The van der Waals surface area contributed by atoms with E-state index in [-0.39, 0.29) is 0 Å². The number of likely N-dealkylation sites (N-methyl/N-ethyl adjacent to an activating group) is 1. The summed E-state index contributed by atoms with van der Waals surface area (Å²) in [5, 5.41) is 8.51. The molecule has 3 heterocycles. The van der Waals surface area contributed by atoms with Gasteiger partial charge in [-0.25, -0.2) is 0 Å². The van der Waals surface area contributed by atoms with Crippen LogP contribution in [0.4, 0.5) is 11.8 Å². The Labute approximate surface area is 155 Å². The summed E-state index contributed by atoms with van der Waals surface area (Å²) in [6.45, 7) is 9.08. The van der Waals surface area contributed by atoms with E-state index in [0.29, 0.717) is 0 Å². The van der Waals surface area contributed by atoms with E-state index in [0.717, 1.165) is 70.7 Å². The van der Waals surface area contributed by atoms with Crippen molar-refractivity contribution in [1.82, 2.24) is 25.0 Å². The minimum atomic E-state index is 0.765. The molecule has 7 nitrogen and oxygen atoms in total. The minimum absolute atomic E-state index is 0.765. The molecular formula is C19H27N7. The average Bonchev–Trinajstić information content (AvgIpc) is 2.70. The zero-order valence-corrected chi connectivity index (χ0v) is 15.5. The highest BCUT2D eigenvalue weighted by atomic mass is 15.4. The van der Waals surface area contributed by atoms with E-state index >= 15 is 0 Å². The molecule has 2 aromatic rings. The quantitative estimate of drug-likeness (QED) is 0.811. The first-order valence-electron chi connectivity index (χ1n) is 9.42. The highest BCUT2D eigenvalue weighted by molar-refractivity contribution is 5.42. The molecule has 26 heavy (non-hydrogen) atoms. The summed E-state index contributed by atoms with van der Waals surface area (Å²) in [4.78, 5) is 14.2. The maximum atomic E-state index is 4.80. The first kappa shape index (κ1) is 17.2. The van der Waals surface area contributed by atoms with Gasteiger partial charge in [-0.2, -0.15) is 10.1 Å². The molecule has 0 radical (unpaired) electrons. The molecule has 2 fully saturated rings. The molecule has 0 amide bonds. The van der Waals surface area contributed by atoms with Crippen molar-refractivity contribution in [2.45, 2.75) is 6.54 Å². The van der Waals surface area contributed by atoms with E-state index in [4.69, 9.17) is 4.98 Å². The third-order valence-electron chi connectivity index (χ3n) is 5.27. The number of aromatic nitrogens is 3. The molecule has 138 valence electrons. The van der Waals surface area contributed by atoms with Crippen LogP contribution in [0.3, 0.4) is 0 Å². The number of nitrogens with zero attached hydrogens (tertiary/aromatic N) is 7. The Morgan fingerprint density at radius 2 is 1.54 bits per heavy atom. The SMILES string of the molecule is CN1CCN(c2cnnc(N3CCN(Cc4ccccc4)CC3)n2)CC1. The van der Waals surface area contributed by atoms with Gasteiger partial charge in [-0.3, -0.25) is 4.90 Å². The number of anilines is 2. The first-order valence-corrected chi connectivity index (χ1v) is 9.42. The molecule has 0 atom stereocenters. The van der Waals surface area contributed by atoms with Crippen LogP contribution in [0.25, 0.3) is 0 Å². The molecular weight excluding hydrogens is 326 g/mol. The van der Waals surface area contributed by atoms with Crippen LogP contribution in [0.2, 0.25) is 0 Å². The average molecular weight is 353 g/mol. The van der Waals surface area contributed by atoms with Gasteiger partial charge in [0.2, 0.25) is 5.95 Å². The standard InChI is InChI=1S/C19H27N7/c1-23-7-11-25(12-8-23)18-15-20-22-19(21-18)26-13-9-24(10-14-26)16-17-5-3-2-4-6-17/h2-6,15H,7-14,16H2,1H3. The minimum Gasteiger partial charge on any atom is -0.353 e. The van der Waals surface area contributed by atoms with E-state index in [9.17, 15) is 0 Å². The third kappa shape index (κ3) is 4.11. The Bertz CT molecular complexity index is 692. The van der Waals surface area contributed by atoms with Gasteiger partial charge in [0.25, 0.3) is 0 Å². The summed E-state index contributed by atoms with van der Waals surface area (Å²) in [6, 6.07) is 10.7. The van der Waals surface area contributed by atoms with Gasteiger partial charge in [0.05, 0.1) is 6.20 Å². The van der Waals surface area contributed by atoms with Gasteiger partial charge in [0.15, 0.2) is 5.82 Å². The maximum Gasteiger partial charge on any atom is 0.247 e. The molecule has 7 heteroatoms. The fourth-order valence-corrected chi connectivity index (χ4v) is 3.56. The molecule has 2 aliphatic heterocycles. The molecule has 0 N–H and O–H groups in total. The van der Waals surface area contributed by atoms with Gasteiger partial charge in [-0.05, 0) is 12.6 Å². The zero-order chi connectivity index (χ0) is 17.8. The lowest BCUT2D eigenvalue weighted by Gasteiger charge is -2.35. The third-order valence-corrected chi connectivity index (χ3v) is 5.27. The maximum absolute atomic E-state index is 4.80. The molecule has 4 rings (SSSR count). The second kappa shape index (κ2) is 7.97. The van der Waals surface area contributed by atoms with Crippen LogP contribution in [0.1, 0.15) is 5.56 Å². The van der Waals surface area contributed by atoms with E-state index in [1.165, 1.54) is 5.56 Å². The Morgan fingerprint density at radius 1 is 0.846 bits per heavy atom. The summed E-state index contributed by atoms with van der Waals surface area (Å²) in [7, 11) is 2.16. The van der Waals surface area contributed by atoms with Crippen molar-refractivity contribution in [3.8, 4) is 0 Å². The topological polar surface area (TPSA) is 51.6 Å². The Balaban J connectivity index is 1.35. The predicted molar refractivity (Wildman–Crippen MR) is 103 cm³/mol. The fourth-order valence-electron chi connectivity index (χ4n) is 3.56. The Morgan fingerprint density at radius 3 is 2.27 bits per heavy atom. The lowest BCUT2D eigenvalue weighted by atomic mass is 10.2. The van der Waals surface area contributed by atoms with Gasteiger partial charge in [-0.1, -0.05) is 30.3 Å². The summed E-state index contributed by atoms with van der Waals surface area (Å²) in [5.74, 6) is 1.72. The van der Waals surface area contributed by atoms with Crippen molar-refractivity contribution in [2.24, 2.45) is 0 Å². The van der Waals surface area contributed by atoms with Crippen molar-refractivity contribution in [2.75, 3.05) is 69.2 Å². The smallest absolute Gasteiger partial charge is 0.247 e. The van der Waals surface area contributed by atoms with Crippen LogP contribution >= 0.6 is 0 Å². The molecule has 0 unspecified atom stereocenters. The van der Waals surface area contributed by atoms with E-state index in [2.05, 4.69) is 67.2 Å². The molecule has 1 aromatic carbocycles. The summed E-state index contributed by atoms with van der Waals surface area (Å²) < 4.78 is 0. The molecule has 0 saturated carbocycles. The second-order valence-electron chi connectivity index (χ2n) is 7.15. The monoisotopic (exact) mass is 353 g/mol. The van der Waals surface area contributed by atoms with Gasteiger partial charge < -0.3 is 14.7 Å². The van der Waals surface area contributed by atoms with Gasteiger partial charge >= 0.3 is 0 Å². The Hall–Kier alpha value is -2.25. The van der Waals surface area contributed by atoms with Crippen molar-refractivity contribution in [3.63, 3.8) is 0 Å². The van der Waals surface area contributed by atoms with Crippen LogP contribution in [-0.4, -0.2) is 84.4 Å². The molecule has 2 saturated heterocycles. The van der Waals surface area contributed by atoms with Crippen molar-refractivity contribution < 1.29 is 0 Å². The number of rotatable bonds is 4. The lowest BCUT2D eigenvalue weighted by molar-refractivity contribution is 0.248. The van der Waals surface area contributed by atoms with E-state index in [1.807, 2.05) is 0 Å². The molecule has 1 aromatic heterocycles. The van der Waals surface area contributed by atoms with Crippen LogP contribution in [-0.2, 0) is 6.54 Å². The lowest BCUT2D eigenvalue weighted by Crippen LogP contribution is -2.47. The van der Waals surface area contributed by atoms with Crippen LogP contribution in [0, 0.1) is 0 Å².